The molecule has 0 unspecified atom stereocenters. The Balaban J connectivity index is 1.57. The van der Waals surface area contributed by atoms with Crippen LogP contribution in [0.3, 0.4) is 0 Å². The maximum absolute atomic E-state index is 12.1. The molecule has 18 heavy (non-hydrogen) atoms. The zero-order chi connectivity index (χ0) is 12.6. The summed E-state index contributed by atoms with van der Waals surface area (Å²) < 4.78 is 0. The Bertz CT molecular complexity index is 468. The van der Waals surface area contributed by atoms with Crippen molar-refractivity contribution in [2.24, 2.45) is 22.4 Å². The van der Waals surface area contributed by atoms with Gasteiger partial charge in [-0.15, -0.1) is 11.3 Å². The number of nitrogens with one attached hydrogen (secondary N) is 1. The lowest BCUT2D eigenvalue weighted by Crippen LogP contribution is -2.22. The third-order valence-electron chi connectivity index (χ3n) is 4.52. The monoisotopic (exact) mass is 262 g/mol. The number of carbonyl (C=O) groups is 1. The molecular formula is C14H18N2OS. The Hall–Kier alpha value is -1.16. The first kappa shape index (κ1) is 11.9. The molecule has 2 saturated carbocycles. The number of hydrogen-bond acceptors (Lipinski definition) is 3. The van der Waals surface area contributed by atoms with Crippen LogP contribution in [0.2, 0.25) is 0 Å². The van der Waals surface area contributed by atoms with Crippen LogP contribution < -0.4 is 5.43 Å². The highest BCUT2D eigenvalue weighted by atomic mass is 32.1. The highest BCUT2D eigenvalue weighted by Crippen LogP contribution is 2.66. The number of nitrogens with zero attached hydrogens (tertiary/aromatic N) is 1. The molecule has 2 fully saturated rings. The maximum Gasteiger partial charge on any atom is 0.244 e. The van der Waals surface area contributed by atoms with Gasteiger partial charge in [0.1, 0.15) is 0 Å². The first-order valence-electron chi connectivity index (χ1n) is 6.58. The number of amides is 1. The fraction of sp³-hybridized carbons (Fsp3) is 0.571. The second-order valence-corrected chi connectivity index (χ2v) is 6.56. The summed E-state index contributed by atoms with van der Waals surface area (Å²) in [6.07, 6.45) is 6.68. The number of rotatable bonds is 3. The summed E-state index contributed by atoms with van der Waals surface area (Å²) in [6.45, 7) is 2.25. The Morgan fingerprint density at radius 3 is 3.17 bits per heavy atom. The quantitative estimate of drug-likeness (QED) is 0.660. The van der Waals surface area contributed by atoms with E-state index in [1.165, 1.54) is 25.7 Å². The van der Waals surface area contributed by atoms with Crippen molar-refractivity contribution in [1.29, 1.82) is 0 Å². The summed E-state index contributed by atoms with van der Waals surface area (Å²) in [4.78, 5) is 13.1. The molecule has 0 aromatic carbocycles. The molecule has 1 aromatic rings. The summed E-state index contributed by atoms with van der Waals surface area (Å²) >= 11 is 1.62. The van der Waals surface area contributed by atoms with Crippen molar-refractivity contribution in [3.8, 4) is 0 Å². The highest BCUT2D eigenvalue weighted by Gasteiger charge is 2.64. The van der Waals surface area contributed by atoms with Crippen molar-refractivity contribution < 1.29 is 4.79 Å². The average Bonchev–Trinajstić information content (AvgIpc) is 2.71. The lowest BCUT2D eigenvalue weighted by Gasteiger charge is -2.15. The zero-order valence-corrected chi connectivity index (χ0v) is 11.4. The first-order valence-corrected chi connectivity index (χ1v) is 7.46. The van der Waals surface area contributed by atoms with E-state index in [2.05, 4.69) is 17.5 Å². The van der Waals surface area contributed by atoms with E-state index in [-0.39, 0.29) is 17.2 Å². The molecule has 0 radical (unpaired) electrons. The van der Waals surface area contributed by atoms with Crippen LogP contribution in [-0.4, -0.2) is 12.1 Å². The van der Waals surface area contributed by atoms with Crippen molar-refractivity contribution in [3.63, 3.8) is 0 Å². The third kappa shape index (κ3) is 1.99. The van der Waals surface area contributed by atoms with Gasteiger partial charge in [-0.2, -0.15) is 5.10 Å². The second kappa shape index (κ2) is 4.50. The number of thiophene rings is 1. The van der Waals surface area contributed by atoms with Gasteiger partial charge in [0.15, 0.2) is 0 Å². The van der Waals surface area contributed by atoms with Crippen molar-refractivity contribution >= 4 is 23.5 Å². The minimum Gasteiger partial charge on any atom is -0.273 e. The molecule has 1 amide bonds. The lowest BCUT2D eigenvalue weighted by molar-refractivity contribution is -0.123. The fourth-order valence-electron chi connectivity index (χ4n) is 3.44. The lowest BCUT2D eigenvalue weighted by atomic mass is 9.90. The highest BCUT2D eigenvalue weighted by molar-refractivity contribution is 7.11. The van der Waals surface area contributed by atoms with Gasteiger partial charge >= 0.3 is 0 Å². The van der Waals surface area contributed by atoms with E-state index >= 15 is 0 Å². The van der Waals surface area contributed by atoms with E-state index in [1.54, 1.807) is 17.6 Å². The maximum atomic E-state index is 12.1. The van der Waals surface area contributed by atoms with Crippen molar-refractivity contribution in [1.82, 2.24) is 5.43 Å². The summed E-state index contributed by atoms with van der Waals surface area (Å²) in [5.74, 6) is 0.904. The summed E-state index contributed by atoms with van der Waals surface area (Å²) in [5, 5.41) is 6.05. The molecule has 0 aliphatic heterocycles. The number of carbonyl (C=O) groups excluding carboxylic acids is 1. The largest absolute Gasteiger partial charge is 0.273 e. The SMILES string of the molecule is C[C@]12CCCC[C@@H]1[C@H]2C(=O)N/N=C\c1cccs1. The number of hydrazone groups is 1. The average molecular weight is 262 g/mol. The van der Waals surface area contributed by atoms with E-state index < -0.39 is 0 Å². The standard InChI is InChI=1S/C14H18N2OS/c1-14-7-3-2-6-11(14)12(14)13(17)16-15-9-10-5-4-8-18-10/h4-5,8-9,11-12H,2-3,6-7H2,1H3,(H,16,17)/b15-9-/t11-,12+,14+/m1/s1. The molecule has 1 N–H and O–H groups in total. The van der Waals surface area contributed by atoms with E-state index in [0.717, 1.165) is 4.88 Å². The summed E-state index contributed by atoms with van der Waals surface area (Å²) in [7, 11) is 0. The normalized spacial score (nSPS) is 34.3. The van der Waals surface area contributed by atoms with Crippen molar-refractivity contribution in [3.05, 3.63) is 22.4 Å². The van der Waals surface area contributed by atoms with Crippen LogP contribution >= 0.6 is 11.3 Å². The minimum absolute atomic E-state index is 0.109. The minimum atomic E-state index is 0.109. The van der Waals surface area contributed by atoms with Crippen LogP contribution in [0.1, 0.15) is 37.5 Å². The Labute approximate surface area is 111 Å². The Morgan fingerprint density at radius 1 is 1.61 bits per heavy atom. The molecule has 1 aromatic heterocycles. The van der Waals surface area contributed by atoms with Gasteiger partial charge in [0, 0.05) is 10.8 Å². The summed E-state index contributed by atoms with van der Waals surface area (Å²) in [5.41, 5.74) is 2.97. The van der Waals surface area contributed by atoms with Gasteiger partial charge in [0.25, 0.3) is 0 Å². The van der Waals surface area contributed by atoms with Crippen LogP contribution in [0.25, 0.3) is 0 Å². The van der Waals surface area contributed by atoms with Crippen LogP contribution in [0.15, 0.2) is 22.6 Å². The molecule has 3 nitrogen and oxygen atoms in total. The Morgan fingerprint density at radius 2 is 2.50 bits per heavy atom. The smallest absolute Gasteiger partial charge is 0.244 e. The number of hydrogen-bond donors (Lipinski definition) is 1. The van der Waals surface area contributed by atoms with Gasteiger partial charge < -0.3 is 0 Å². The predicted octanol–water partition coefficient (Wildman–Crippen LogP) is 3.02. The molecule has 4 heteroatoms. The molecule has 0 bridgehead atoms. The van der Waals surface area contributed by atoms with Gasteiger partial charge in [0.2, 0.25) is 5.91 Å². The van der Waals surface area contributed by atoms with Crippen LogP contribution in [0, 0.1) is 17.3 Å². The molecule has 0 saturated heterocycles. The zero-order valence-electron chi connectivity index (χ0n) is 10.6. The van der Waals surface area contributed by atoms with Gasteiger partial charge in [-0.05, 0) is 35.6 Å². The summed E-state index contributed by atoms with van der Waals surface area (Å²) in [6, 6.07) is 3.96. The van der Waals surface area contributed by atoms with Crippen LogP contribution in [0.5, 0.6) is 0 Å². The Kier molecular flexibility index (Phi) is 2.98. The molecule has 2 aliphatic rings. The molecular weight excluding hydrogens is 244 g/mol. The molecule has 3 rings (SSSR count). The molecule has 96 valence electrons. The molecule has 1 heterocycles. The van der Waals surface area contributed by atoms with Gasteiger partial charge in [-0.25, -0.2) is 5.43 Å². The first-order chi connectivity index (χ1) is 8.72. The molecule has 2 aliphatic carbocycles. The molecule has 0 spiro atoms. The van der Waals surface area contributed by atoms with E-state index in [1.807, 2.05) is 17.5 Å². The topological polar surface area (TPSA) is 41.5 Å². The van der Waals surface area contributed by atoms with Crippen molar-refractivity contribution in [2.75, 3.05) is 0 Å². The third-order valence-corrected chi connectivity index (χ3v) is 5.33. The predicted molar refractivity (Wildman–Crippen MR) is 73.6 cm³/mol. The van der Waals surface area contributed by atoms with Crippen LogP contribution in [0.4, 0.5) is 0 Å². The van der Waals surface area contributed by atoms with Gasteiger partial charge in [-0.3, -0.25) is 4.79 Å². The van der Waals surface area contributed by atoms with E-state index in [0.29, 0.717) is 5.92 Å². The van der Waals surface area contributed by atoms with Gasteiger partial charge in [-0.1, -0.05) is 25.8 Å². The second-order valence-electron chi connectivity index (χ2n) is 5.59. The van der Waals surface area contributed by atoms with Crippen LogP contribution in [-0.2, 0) is 4.79 Å². The van der Waals surface area contributed by atoms with Gasteiger partial charge in [0.05, 0.1) is 6.21 Å². The van der Waals surface area contributed by atoms with E-state index in [4.69, 9.17) is 0 Å². The fourth-order valence-corrected chi connectivity index (χ4v) is 4.03. The van der Waals surface area contributed by atoms with Crippen molar-refractivity contribution in [2.45, 2.75) is 32.6 Å². The number of fused-ring (bicyclic) bond motifs is 1. The van der Waals surface area contributed by atoms with E-state index in [9.17, 15) is 4.79 Å². The molecule has 3 atom stereocenters.